The van der Waals surface area contributed by atoms with Crippen LogP contribution < -0.4 is 10.2 Å². The summed E-state index contributed by atoms with van der Waals surface area (Å²) in [6.07, 6.45) is 3.82. The maximum atomic E-state index is 13.0. The Bertz CT molecular complexity index is 1200. The first-order valence-corrected chi connectivity index (χ1v) is 13.2. The van der Waals surface area contributed by atoms with Crippen molar-refractivity contribution in [2.75, 3.05) is 29.9 Å². The van der Waals surface area contributed by atoms with Gasteiger partial charge in [-0.2, -0.15) is 4.31 Å². The van der Waals surface area contributed by atoms with E-state index in [1.807, 2.05) is 0 Å². The number of rotatable bonds is 5. The lowest BCUT2D eigenvalue weighted by Gasteiger charge is -2.27. The summed E-state index contributed by atoms with van der Waals surface area (Å²) in [5.41, 5.74) is 1.20. The Labute approximate surface area is 205 Å². The number of fused-ring (bicyclic) bond motifs is 1. The first-order valence-electron chi connectivity index (χ1n) is 11.8. The smallest absolute Gasteiger partial charge is 0.338 e. The number of ether oxygens (including phenoxy) is 1. The Morgan fingerprint density at radius 1 is 1.00 bits per heavy atom. The normalized spacial score (nSPS) is 19.2. The fourth-order valence-corrected chi connectivity index (χ4v) is 5.96. The van der Waals surface area contributed by atoms with Gasteiger partial charge in [0.2, 0.25) is 15.9 Å². The van der Waals surface area contributed by atoms with Crippen LogP contribution in [-0.2, 0) is 24.3 Å². The molecule has 1 saturated heterocycles. The molecule has 0 aliphatic carbocycles. The van der Waals surface area contributed by atoms with Crippen LogP contribution in [0.1, 0.15) is 49.4 Å². The monoisotopic (exact) mass is 499 g/mol. The third kappa shape index (κ3) is 5.54. The second-order valence-electron chi connectivity index (χ2n) is 8.80. The van der Waals surface area contributed by atoms with Crippen molar-refractivity contribution >= 4 is 39.2 Å². The van der Waals surface area contributed by atoms with Crippen molar-refractivity contribution in [3.05, 3.63) is 54.1 Å². The van der Waals surface area contributed by atoms with E-state index < -0.39 is 34.5 Å². The molecule has 186 valence electrons. The molecule has 0 bridgehead atoms. The standard InChI is InChI=1S/C25H29N3O6S/c1-18-16-23(29)26-21-8-4-5-9-22(21)28(18)24(30)17-34-25(31)19-10-12-20(13-11-19)35(32,33)27-14-6-2-3-7-15-27/h4-5,8-13,18H,2-3,6-7,14-17H2,1H3,(H,26,29). The van der Waals surface area contributed by atoms with Gasteiger partial charge in [0, 0.05) is 25.6 Å². The highest BCUT2D eigenvalue weighted by molar-refractivity contribution is 7.89. The molecular formula is C25H29N3O6S. The first-order chi connectivity index (χ1) is 16.8. The van der Waals surface area contributed by atoms with Crippen molar-refractivity contribution in [1.82, 2.24) is 4.31 Å². The molecule has 1 atom stereocenters. The molecule has 2 aromatic carbocycles. The number of nitrogens with zero attached hydrogens (tertiary/aromatic N) is 2. The zero-order valence-corrected chi connectivity index (χ0v) is 20.4. The van der Waals surface area contributed by atoms with Gasteiger partial charge in [0.05, 0.1) is 21.8 Å². The number of hydrogen-bond acceptors (Lipinski definition) is 6. The molecule has 2 aromatic rings. The Kier molecular flexibility index (Phi) is 7.51. The molecule has 0 spiro atoms. The van der Waals surface area contributed by atoms with Crippen LogP contribution in [0.4, 0.5) is 11.4 Å². The van der Waals surface area contributed by atoms with E-state index in [-0.39, 0.29) is 22.8 Å². The van der Waals surface area contributed by atoms with E-state index >= 15 is 0 Å². The van der Waals surface area contributed by atoms with E-state index in [9.17, 15) is 22.8 Å². The summed E-state index contributed by atoms with van der Waals surface area (Å²) in [5.74, 6) is -1.40. The maximum absolute atomic E-state index is 13.0. The summed E-state index contributed by atoms with van der Waals surface area (Å²) in [4.78, 5) is 39.2. The lowest BCUT2D eigenvalue weighted by molar-refractivity contribution is -0.122. The van der Waals surface area contributed by atoms with Crippen molar-refractivity contribution in [3.63, 3.8) is 0 Å². The number of benzene rings is 2. The summed E-state index contributed by atoms with van der Waals surface area (Å²) in [6, 6.07) is 12.1. The second kappa shape index (κ2) is 10.6. The van der Waals surface area contributed by atoms with Crippen molar-refractivity contribution in [2.45, 2.75) is 50.0 Å². The molecule has 2 heterocycles. The van der Waals surface area contributed by atoms with Crippen molar-refractivity contribution in [2.24, 2.45) is 0 Å². The topological polar surface area (TPSA) is 113 Å². The molecule has 9 nitrogen and oxygen atoms in total. The zero-order valence-electron chi connectivity index (χ0n) is 19.6. The predicted octanol–water partition coefficient (Wildman–Crippen LogP) is 3.17. The van der Waals surface area contributed by atoms with E-state index in [1.54, 1.807) is 31.2 Å². The summed E-state index contributed by atoms with van der Waals surface area (Å²) in [7, 11) is -3.62. The number of esters is 1. The van der Waals surface area contributed by atoms with Gasteiger partial charge in [-0.15, -0.1) is 0 Å². The molecule has 10 heteroatoms. The van der Waals surface area contributed by atoms with Gasteiger partial charge in [0.1, 0.15) is 0 Å². The van der Waals surface area contributed by atoms with Crippen LogP contribution in [0.3, 0.4) is 0 Å². The number of sulfonamides is 1. The van der Waals surface area contributed by atoms with Crippen LogP contribution in [0.15, 0.2) is 53.4 Å². The molecule has 1 unspecified atom stereocenters. The Morgan fingerprint density at radius 2 is 1.66 bits per heavy atom. The van der Waals surface area contributed by atoms with Gasteiger partial charge in [-0.1, -0.05) is 25.0 Å². The minimum atomic E-state index is -3.62. The highest BCUT2D eigenvalue weighted by atomic mass is 32.2. The second-order valence-corrected chi connectivity index (χ2v) is 10.7. The molecule has 2 amide bonds. The van der Waals surface area contributed by atoms with Crippen LogP contribution in [0, 0.1) is 0 Å². The van der Waals surface area contributed by atoms with Gasteiger partial charge in [-0.25, -0.2) is 13.2 Å². The maximum Gasteiger partial charge on any atom is 0.338 e. The number of amides is 2. The van der Waals surface area contributed by atoms with E-state index in [2.05, 4.69) is 5.32 Å². The zero-order chi connectivity index (χ0) is 25.0. The predicted molar refractivity (Wildman–Crippen MR) is 131 cm³/mol. The highest BCUT2D eigenvalue weighted by Gasteiger charge is 2.30. The van der Waals surface area contributed by atoms with Crippen LogP contribution in [-0.4, -0.2) is 56.2 Å². The number of carbonyl (C=O) groups is 3. The first kappa shape index (κ1) is 24.9. The van der Waals surface area contributed by atoms with Gasteiger partial charge in [-0.3, -0.25) is 9.59 Å². The fourth-order valence-electron chi connectivity index (χ4n) is 4.44. The third-order valence-corrected chi connectivity index (χ3v) is 8.16. The van der Waals surface area contributed by atoms with Gasteiger partial charge in [0.25, 0.3) is 5.91 Å². The fraction of sp³-hybridized carbons (Fsp3) is 0.400. The lowest BCUT2D eigenvalue weighted by atomic mass is 10.1. The van der Waals surface area contributed by atoms with Gasteiger partial charge in [0.15, 0.2) is 6.61 Å². The number of para-hydroxylation sites is 2. The van der Waals surface area contributed by atoms with E-state index in [0.717, 1.165) is 25.7 Å². The summed E-state index contributed by atoms with van der Waals surface area (Å²) < 4.78 is 32.6. The molecule has 0 aromatic heterocycles. The SMILES string of the molecule is CC1CC(=O)Nc2ccccc2N1C(=O)COC(=O)c1ccc(S(=O)(=O)N2CCCCCC2)cc1. The minimum absolute atomic E-state index is 0.112. The summed E-state index contributed by atoms with van der Waals surface area (Å²) in [5, 5.41) is 2.78. The number of hydrogen-bond donors (Lipinski definition) is 1. The lowest BCUT2D eigenvalue weighted by Crippen LogP contribution is -2.41. The molecule has 1 N–H and O–H groups in total. The average molecular weight is 500 g/mol. The summed E-state index contributed by atoms with van der Waals surface area (Å²) >= 11 is 0. The molecule has 4 rings (SSSR count). The van der Waals surface area contributed by atoms with E-state index in [1.165, 1.54) is 33.5 Å². The average Bonchev–Trinajstić information content (AvgIpc) is 3.20. The Morgan fingerprint density at radius 3 is 2.34 bits per heavy atom. The van der Waals surface area contributed by atoms with E-state index in [4.69, 9.17) is 4.74 Å². The molecule has 2 aliphatic rings. The van der Waals surface area contributed by atoms with Crippen LogP contribution >= 0.6 is 0 Å². The molecule has 2 aliphatic heterocycles. The number of nitrogens with one attached hydrogen (secondary N) is 1. The summed E-state index contributed by atoms with van der Waals surface area (Å²) in [6.45, 7) is 2.23. The van der Waals surface area contributed by atoms with Crippen molar-refractivity contribution < 1.29 is 27.5 Å². The van der Waals surface area contributed by atoms with Crippen LogP contribution in [0.25, 0.3) is 0 Å². The Hall–Kier alpha value is -3.24. The number of carbonyl (C=O) groups excluding carboxylic acids is 3. The van der Waals surface area contributed by atoms with Crippen molar-refractivity contribution in [3.8, 4) is 0 Å². The van der Waals surface area contributed by atoms with E-state index in [0.29, 0.717) is 24.5 Å². The van der Waals surface area contributed by atoms with Crippen LogP contribution in [0.2, 0.25) is 0 Å². The van der Waals surface area contributed by atoms with Crippen LogP contribution in [0.5, 0.6) is 0 Å². The minimum Gasteiger partial charge on any atom is -0.452 e. The van der Waals surface area contributed by atoms with Crippen molar-refractivity contribution in [1.29, 1.82) is 0 Å². The number of anilines is 2. The Balaban J connectivity index is 1.42. The molecule has 0 radical (unpaired) electrons. The van der Waals surface area contributed by atoms with Gasteiger partial charge >= 0.3 is 5.97 Å². The quantitative estimate of drug-likeness (QED) is 0.633. The van der Waals surface area contributed by atoms with Gasteiger partial charge < -0.3 is 15.0 Å². The largest absolute Gasteiger partial charge is 0.452 e. The third-order valence-electron chi connectivity index (χ3n) is 6.25. The molecule has 35 heavy (non-hydrogen) atoms. The highest BCUT2D eigenvalue weighted by Crippen LogP contribution is 2.31. The van der Waals surface area contributed by atoms with Gasteiger partial charge in [-0.05, 0) is 56.2 Å². The molecular weight excluding hydrogens is 470 g/mol. The molecule has 0 saturated carbocycles. The molecule has 1 fully saturated rings.